The average molecular weight is 398 g/mol. The quantitative estimate of drug-likeness (QED) is 0.501. The van der Waals surface area contributed by atoms with Crippen molar-refractivity contribution < 1.29 is 19.1 Å². The molecule has 0 fully saturated rings. The fraction of sp³-hybridized carbons (Fsp3) is 0.0833. The summed E-state index contributed by atoms with van der Waals surface area (Å²) in [5, 5.41) is 11.4. The minimum atomic E-state index is -1.09. The highest BCUT2D eigenvalue weighted by molar-refractivity contribution is 6.14. The highest BCUT2D eigenvalue weighted by Crippen LogP contribution is 2.17. The van der Waals surface area contributed by atoms with Crippen LogP contribution in [-0.4, -0.2) is 23.8 Å². The van der Waals surface area contributed by atoms with Crippen LogP contribution >= 0.6 is 0 Å². The summed E-state index contributed by atoms with van der Waals surface area (Å²) in [4.78, 5) is 37.8. The van der Waals surface area contributed by atoms with Crippen molar-refractivity contribution in [3.63, 3.8) is 0 Å². The van der Waals surface area contributed by atoms with Crippen LogP contribution in [0.3, 0.4) is 0 Å². The molecule has 0 aromatic heterocycles. The molecular formula is C24H18N2O4. The van der Waals surface area contributed by atoms with Gasteiger partial charge in [-0.15, -0.1) is 0 Å². The van der Waals surface area contributed by atoms with E-state index in [1.807, 2.05) is 6.07 Å². The van der Waals surface area contributed by atoms with E-state index < -0.39 is 18.0 Å². The van der Waals surface area contributed by atoms with Crippen molar-refractivity contribution in [1.82, 2.24) is 0 Å². The number of anilines is 1. The van der Waals surface area contributed by atoms with E-state index in [-0.39, 0.29) is 16.9 Å². The second kappa shape index (κ2) is 9.30. The first-order valence-electron chi connectivity index (χ1n) is 9.20. The van der Waals surface area contributed by atoms with E-state index in [9.17, 15) is 14.4 Å². The maximum Gasteiger partial charge on any atom is 0.339 e. The highest BCUT2D eigenvalue weighted by atomic mass is 16.5. The van der Waals surface area contributed by atoms with Crippen LogP contribution in [0.2, 0.25) is 0 Å². The summed E-state index contributed by atoms with van der Waals surface area (Å²) in [5.74, 6) is -1.60. The van der Waals surface area contributed by atoms with E-state index in [4.69, 9.17) is 10.00 Å². The lowest BCUT2D eigenvalue weighted by Crippen LogP contribution is -2.30. The Morgan fingerprint density at radius 2 is 1.47 bits per heavy atom. The number of nitrogens with one attached hydrogen (secondary N) is 1. The van der Waals surface area contributed by atoms with Gasteiger partial charge >= 0.3 is 5.97 Å². The number of hydrogen-bond acceptors (Lipinski definition) is 5. The van der Waals surface area contributed by atoms with Crippen LogP contribution in [0.15, 0.2) is 78.9 Å². The van der Waals surface area contributed by atoms with Crippen LogP contribution in [0, 0.1) is 11.3 Å². The Morgan fingerprint density at radius 1 is 0.867 bits per heavy atom. The molecule has 6 nitrogen and oxygen atoms in total. The summed E-state index contributed by atoms with van der Waals surface area (Å²) >= 11 is 0. The molecule has 1 amide bonds. The molecule has 3 aromatic rings. The summed E-state index contributed by atoms with van der Waals surface area (Å²) in [6, 6.07) is 23.2. The van der Waals surface area contributed by atoms with Gasteiger partial charge < -0.3 is 10.1 Å². The average Bonchev–Trinajstić information content (AvgIpc) is 2.79. The standard InChI is InChI=1S/C24H18N2O4/c1-16(23(28)26-19-13-11-17(15-25)12-14-19)30-24(29)21-10-6-5-9-20(21)22(27)18-7-3-2-4-8-18/h2-14,16H,1H3,(H,26,28)/t16-/m0/s1. The molecule has 6 heteroatoms. The first-order chi connectivity index (χ1) is 14.5. The predicted octanol–water partition coefficient (Wildman–Crippen LogP) is 3.97. The van der Waals surface area contributed by atoms with Gasteiger partial charge in [0.15, 0.2) is 11.9 Å². The molecule has 1 atom stereocenters. The van der Waals surface area contributed by atoms with Gasteiger partial charge in [0.1, 0.15) is 0 Å². The molecule has 0 saturated carbocycles. The number of esters is 1. The predicted molar refractivity (Wildman–Crippen MR) is 111 cm³/mol. The Bertz CT molecular complexity index is 1120. The van der Waals surface area contributed by atoms with Gasteiger partial charge in [-0.2, -0.15) is 5.26 Å². The van der Waals surface area contributed by atoms with Gasteiger partial charge in [-0.1, -0.05) is 48.5 Å². The zero-order chi connectivity index (χ0) is 21.5. The molecule has 0 aliphatic carbocycles. The molecule has 3 aromatic carbocycles. The smallest absolute Gasteiger partial charge is 0.339 e. The number of nitrogens with zero attached hydrogens (tertiary/aromatic N) is 1. The van der Waals surface area contributed by atoms with Gasteiger partial charge in [0.05, 0.1) is 17.2 Å². The number of nitriles is 1. The van der Waals surface area contributed by atoms with Gasteiger partial charge in [0.25, 0.3) is 5.91 Å². The Balaban J connectivity index is 1.72. The molecule has 0 spiro atoms. The number of carbonyl (C=O) groups excluding carboxylic acids is 3. The van der Waals surface area contributed by atoms with Crippen LogP contribution in [0.5, 0.6) is 0 Å². The molecule has 0 heterocycles. The van der Waals surface area contributed by atoms with Crippen molar-refractivity contribution >= 4 is 23.3 Å². The molecule has 0 bridgehead atoms. The lowest BCUT2D eigenvalue weighted by atomic mass is 9.98. The SMILES string of the molecule is C[C@H](OC(=O)c1ccccc1C(=O)c1ccccc1)C(=O)Nc1ccc(C#N)cc1. The van der Waals surface area contributed by atoms with Crippen LogP contribution in [0.25, 0.3) is 0 Å². The van der Waals surface area contributed by atoms with E-state index in [1.54, 1.807) is 72.8 Å². The summed E-state index contributed by atoms with van der Waals surface area (Å²) < 4.78 is 5.29. The van der Waals surface area contributed by atoms with Crippen molar-refractivity contribution in [2.24, 2.45) is 0 Å². The lowest BCUT2D eigenvalue weighted by Gasteiger charge is -2.15. The Labute approximate surface area is 173 Å². The van der Waals surface area contributed by atoms with Gasteiger partial charge in [0.2, 0.25) is 0 Å². The van der Waals surface area contributed by atoms with Crippen molar-refractivity contribution in [1.29, 1.82) is 5.26 Å². The summed E-state index contributed by atoms with van der Waals surface area (Å²) in [6.45, 7) is 1.44. The number of carbonyl (C=O) groups is 3. The Morgan fingerprint density at radius 3 is 2.10 bits per heavy atom. The topological polar surface area (TPSA) is 96.3 Å². The summed E-state index contributed by atoms with van der Waals surface area (Å²) in [7, 11) is 0. The molecule has 0 saturated heterocycles. The maximum atomic E-state index is 12.8. The van der Waals surface area contributed by atoms with E-state index >= 15 is 0 Å². The van der Waals surface area contributed by atoms with E-state index in [1.165, 1.54) is 13.0 Å². The third kappa shape index (κ3) is 4.78. The number of amides is 1. The van der Waals surface area contributed by atoms with Crippen molar-refractivity contribution in [2.45, 2.75) is 13.0 Å². The normalized spacial score (nSPS) is 11.1. The third-order valence-corrected chi connectivity index (χ3v) is 4.36. The van der Waals surface area contributed by atoms with Crippen molar-refractivity contribution in [3.8, 4) is 6.07 Å². The summed E-state index contributed by atoms with van der Waals surface area (Å²) in [6.07, 6.45) is -1.09. The molecule has 0 radical (unpaired) electrons. The first-order valence-corrected chi connectivity index (χ1v) is 9.20. The number of hydrogen-bond donors (Lipinski definition) is 1. The highest BCUT2D eigenvalue weighted by Gasteiger charge is 2.23. The zero-order valence-electron chi connectivity index (χ0n) is 16.2. The van der Waals surface area contributed by atoms with Gasteiger partial charge in [0, 0.05) is 16.8 Å². The third-order valence-electron chi connectivity index (χ3n) is 4.36. The lowest BCUT2D eigenvalue weighted by molar-refractivity contribution is -0.123. The monoisotopic (exact) mass is 398 g/mol. The Kier molecular flexibility index (Phi) is 6.36. The van der Waals surface area contributed by atoms with E-state index in [2.05, 4.69) is 5.32 Å². The van der Waals surface area contributed by atoms with E-state index in [0.717, 1.165) is 0 Å². The molecule has 0 aliphatic rings. The van der Waals surface area contributed by atoms with E-state index in [0.29, 0.717) is 16.8 Å². The second-order valence-corrected chi connectivity index (χ2v) is 6.47. The molecule has 3 rings (SSSR count). The molecule has 148 valence electrons. The van der Waals surface area contributed by atoms with Gasteiger partial charge in [-0.05, 0) is 37.3 Å². The fourth-order valence-electron chi connectivity index (χ4n) is 2.75. The number of benzene rings is 3. The minimum absolute atomic E-state index is 0.0874. The van der Waals surface area contributed by atoms with Crippen LogP contribution in [0.1, 0.15) is 38.8 Å². The van der Waals surface area contributed by atoms with Crippen LogP contribution in [0.4, 0.5) is 5.69 Å². The number of ketones is 1. The molecular weight excluding hydrogens is 380 g/mol. The van der Waals surface area contributed by atoms with Crippen LogP contribution < -0.4 is 5.32 Å². The second-order valence-electron chi connectivity index (χ2n) is 6.47. The fourth-order valence-corrected chi connectivity index (χ4v) is 2.75. The minimum Gasteiger partial charge on any atom is -0.449 e. The van der Waals surface area contributed by atoms with Gasteiger partial charge in [-0.25, -0.2) is 4.79 Å². The summed E-state index contributed by atoms with van der Waals surface area (Å²) in [5.41, 5.74) is 1.68. The number of ether oxygens (including phenoxy) is 1. The Hall–Kier alpha value is -4.24. The van der Waals surface area contributed by atoms with Crippen molar-refractivity contribution in [2.75, 3.05) is 5.32 Å². The molecule has 30 heavy (non-hydrogen) atoms. The largest absolute Gasteiger partial charge is 0.449 e. The molecule has 0 unspecified atom stereocenters. The van der Waals surface area contributed by atoms with Crippen molar-refractivity contribution in [3.05, 3.63) is 101 Å². The molecule has 1 N–H and O–H groups in total. The maximum absolute atomic E-state index is 12.8. The zero-order valence-corrected chi connectivity index (χ0v) is 16.2. The van der Waals surface area contributed by atoms with Gasteiger partial charge in [-0.3, -0.25) is 9.59 Å². The first kappa shape index (κ1) is 20.5. The number of rotatable bonds is 6. The van der Waals surface area contributed by atoms with Crippen LogP contribution in [-0.2, 0) is 9.53 Å². The molecule has 0 aliphatic heterocycles.